The van der Waals surface area contributed by atoms with Gasteiger partial charge in [0.15, 0.2) is 0 Å². The van der Waals surface area contributed by atoms with Crippen LogP contribution in [0.3, 0.4) is 0 Å². The Morgan fingerprint density at radius 2 is 1.87 bits per heavy atom. The van der Waals surface area contributed by atoms with Crippen LogP contribution in [-0.2, 0) is 6.54 Å². The van der Waals surface area contributed by atoms with Crippen LogP contribution in [0.15, 0.2) is 48.5 Å². The minimum absolute atomic E-state index is 0.0983. The number of fused-ring (bicyclic) bond motifs is 1. The predicted molar refractivity (Wildman–Crippen MR) is 122 cm³/mol. The smallest absolute Gasteiger partial charge is 0.315 e. The fourth-order valence-electron chi connectivity index (χ4n) is 4.28. The van der Waals surface area contributed by atoms with Crippen molar-refractivity contribution in [2.24, 2.45) is 0 Å². The Hall–Kier alpha value is -2.53. The van der Waals surface area contributed by atoms with Crippen molar-refractivity contribution in [1.29, 1.82) is 0 Å². The van der Waals surface area contributed by atoms with Gasteiger partial charge >= 0.3 is 6.03 Å². The van der Waals surface area contributed by atoms with Crippen LogP contribution < -0.4 is 10.6 Å². The van der Waals surface area contributed by atoms with E-state index >= 15 is 0 Å². The van der Waals surface area contributed by atoms with E-state index in [2.05, 4.69) is 28.2 Å². The number of para-hydroxylation sites is 2. The molecule has 1 aliphatic carbocycles. The molecule has 0 saturated heterocycles. The van der Waals surface area contributed by atoms with Gasteiger partial charge in [0, 0.05) is 17.6 Å². The van der Waals surface area contributed by atoms with E-state index in [1.807, 2.05) is 42.5 Å². The van der Waals surface area contributed by atoms with E-state index in [0.717, 1.165) is 46.7 Å². The van der Waals surface area contributed by atoms with Gasteiger partial charge in [0.05, 0.1) is 17.1 Å². The number of rotatable bonds is 6. The number of carbonyl (C=O) groups excluding carboxylic acids is 1. The zero-order valence-electron chi connectivity index (χ0n) is 17.4. The molecule has 2 aromatic carbocycles. The van der Waals surface area contributed by atoms with Gasteiger partial charge in [-0.2, -0.15) is 0 Å². The Labute approximate surface area is 182 Å². The lowest BCUT2D eigenvalue weighted by Crippen LogP contribution is -2.44. The third-order valence-electron chi connectivity index (χ3n) is 5.90. The topological polar surface area (TPSA) is 59.0 Å². The quantitative estimate of drug-likeness (QED) is 0.523. The molecule has 1 unspecified atom stereocenters. The molecule has 0 aliphatic heterocycles. The number of aromatic nitrogens is 2. The second-order valence-corrected chi connectivity index (χ2v) is 8.52. The van der Waals surface area contributed by atoms with Crippen LogP contribution in [0.5, 0.6) is 0 Å². The van der Waals surface area contributed by atoms with Crippen LogP contribution >= 0.6 is 11.6 Å². The van der Waals surface area contributed by atoms with Gasteiger partial charge in [-0.15, -0.1) is 0 Å². The van der Waals surface area contributed by atoms with Gasteiger partial charge in [-0.3, -0.25) is 0 Å². The molecular formula is C24H29ClN4O. The summed E-state index contributed by atoms with van der Waals surface area (Å²) in [5.41, 5.74) is 3.15. The fourth-order valence-corrected chi connectivity index (χ4v) is 4.41. The maximum atomic E-state index is 12.7. The monoisotopic (exact) mass is 424 g/mol. The largest absolute Gasteiger partial charge is 0.335 e. The summed E-state index contributed by atoms with van der Waals surface area (Å²) in [6.07, 6.45) is 6.56. The van der Waals surface area contributed by atoms with Gasteiger partial charge in [0.2, 0.25) is 0 Å². The minimum atomic E-state index is -0.159. The molecule has 2 N–H and O–H groups in total. The summed E-state index contributed by atoms with van der Waals surface area (Å²) in [5, 5.41) is 7.06. The van der Waals surface area contributed by atoms with Crippen molar-refractivity contribution in [3.05, 3.63) is 64.9 Å². The molecule has 0 radical (unpaired) electrons. The molecule has 1 saturated carbocycles. The molecule has 30 heavy (non-hydrogen) atoms. The van der Waals surface area contributed by atoms with E-state index in [-0.39, 0.29) is 18.1 Å². The molecule has 1 aromatic heterocycles. The molecule has 1 atom stereocenters. The summed E-state index contributed by atoms with van der Waals surface area (Å²) < 4.78 is 2.20. The normalized spacial score (nSPS) is 15.8. The lowest BCUT2D eigenvalue weighted by Gasteiger charge is -2.25. The summed E-state index contributed by atoms with van der Waals surface area (Å²) in [6, 6.07) is 16.0. The Bertz CT molecular complexity index is 992. The van der Waals surface area contributed by atoms with Crippen LogP contribution in [0.4, 0.5) is 4.79 Å². The third-order valence-corrected chi connectivity index (χ3v) is 6.16. The molecule has 1 fully saturated rings. The van der Waals surface area contributed by atoms with E-state index < -0.39 is 0 Å². The van der Waals surface area contributed by atoms with Crippen molar-refractivity contribution in [3.63, 3.8) is 0 Å². The average Bonchev–Trinajstić information content (AvgIpc) is 3.12. The molecule has 1 aliphatic rings. The maximum absolute atomic E-state index is 12.7. The lowest BCUT2D eigenvalue weighted by molar-refractivity contribution is 0.227. The number of amides is 2. The summed E-state index contributed by atoms with van der Waals surface area (Å²) >= 11 is 6.06. The van der Waals surface area contributed by atoms with Crippen LogP contribution in [0.1, 0.15) is 62.9 Å². The molecule has 1 heterocycles. The van der Waals surface area contributed by atoms with E-state index in [4.69, 9.17) is 16.6 Å². The van der Waals surface area contributed by atoms with Crippen molar-refractivity contribution in [1.82, 2.24) is 20.2 Å². The van der Waals surface area contributed by atoms with Crippen LogP contribution in [0.25, 0.3) is 11.0 Å². The van der Waals surface area contributed by atoms with E-state index in [1.54, 1.807) is 0 Å². The molecule has 0 spiro atoms. The predicted octanol–water partition coefficient (Wildman–Crippen LogP) is 5.82. The zero-order valence-corrected chi connectivity index (χ0v) is 18.2. The SMILES string of the molecule is CCC(NC(=O)NC1CCCCC1)c1nc2ccccc2n1Cc1ccc(Cl)cc1. The second kappa shape index (κ2) is 9.52. The van der Waals surface area contributed by atoms with Gasteiger partial charge in [-0.05, 0) is 49.1 Å². The number of nitrogens with one attached hydrogen (secondary N) is 2. The van der Waals surface area contributed by atoms with Gasteiger partial charge in [0.25, 0.3) is 0 Å². The Kier molecular flexibility index (Phi) is 6.58. The summed E-state index contributed by atoms with van der Waals surface area (Å²) in [6.45, 7) is 2.76. The Morgan fingerprint density at radius 3 is 2.60 bits per heavy atom. The van der Waals surface area contributed by atoms with Gasteiger partial charge in [0.1, 0.15) is 5.82 Å². The lowest BCUT2D eigenvalue weighted by atomic mass is 9.96. The number of hydrogen-bond donors (Lipinski definition) is 2. The van der Waals surface area contributed by atoms with E-state index in [9.17, 15) is 4.79 Å². The number of nitrogens with zero attached hydrogens (tertiary/aromatic N) is 2. The molecule has 0 bridgehead atoms. The van der Waals surface area contributed by atoms with Crippen LogP contribution in [0.2, 0.25) is 5.02 Å². The summed E-state index contributed by atoms with van der Waals surface area (Å²) in [4.78, 5) is 17.6. The molecule has 5 nitrogen and oxygen atoms in total. The number of halogens is 1. The van der Waals surface area contributed by atoms with Gasteiger partial charge < -0.3 is 15.2 Å². The summed E-state index contributed by atoms with van der Waals surface area (Å²) in [5.74, 6) is 0.882. The first kappa shape index (κ1) is 20.7. The molecular weight excluding hydrogens is 396 g/mol. The average molecular weight is 425 g/mol. The highest BCUT2D eigenvalue weighted by molar-refractivity contribution is 6.30. The van der Waals surface area contributed by atoms with Crippen molar-refractivity contribution in [3.8, 4) is 0 Å². The van der Waals surface area contributed by atoms with Crippen molar-refractivity contribution in [2.75, 3.05) is 0 Å². The molecule has 4 rings (SSSR count). The number of carbonyl (C=O) groups is 1. The zero-order chi connectivity index (χ0) is 20.9. The van der Waals surface area contributed by atoms with E-state index in [0.29, 0.717) is 6.54 Å². The number of urea groups is 1. The highest BCUT2D eigenvalue weighted by Gasteiger charge is 2.23. The second-order valence-electron chi connectivity index (χ2n) is 8.08. The first-order valence-electron chi connectivity index (χ1n) is 10.9. The number of hydrogen-bond acceptors (Lipinski definition) is 2. The van der Waals surface area contributed by atoms with Crippen LogP contribution in [0, 0.1) is 0 Å². The first-order chi connectivity index (χ1) is 14.6. The minimum Gasteiger partial charge on any atom is -0.335 e. The molecule has 158 valence electrons. The van der Waals surface area contributed by atoms with Gasteiger partial charge in [-0.25, -0.2) is 9.78 Å². The fraction of sp³-hybridized carbons (Fsp3) is 0.417. The number of imidazole rings is 1. The number of benzene rings is 2. The van der Waals surface area contributed by atoms with E-state index in [1.165, 1.54) is 19.3 Å². The van der Waals surface area contributed by atoms with Crippen molar-refractivity contribution < 1.29 is 4.79 Å². The third kappa shape index (κ3) is 4.78. The Balaban J connectivity index is 1.59. The maximum Gasteiger partial charge on any atom is 0.315 e. The first-order valence-corrected chi connectivity index (χ1v) is 11.3. The standard InChI is InChI=1S/C24H29ClN4O/c1-2-20(28-24(30)26-19-8-4-3-5-9-19)23-27-21-10-6-7-11-22(21)29(23)16-17-12-14-18(25)15-13-17/h6-7,10-15,19-20H,2-5,8-9,16H2,1H3,(H2,26,28,30). The van der Waals surface area contributed by atoms with Crippen molar-refractivity contribution >= 4 is 28.7 Å². The van der Waals surface area contributed by atoms with Crippen molar-refractivity contribution in [2.45, 2.75) is 64.1 Å². The molecule has 6 heteroatoms. The Morgan fingerprint density at radius 1 is 1.13 bits per heavy atom. The van der Waals surface area contributed by atoms with Crippen LogP contribution in [-0.4, -0.2) is 21.6 Å². The highest BCUT2D eigenvalue weighted by atomic mass is 35.5. The molecule has 3 aromatic rings. The van der Waals surface area contributed by atoms with Gasteiger partial charge in [-0.1, -0.05) is 62.1 Å². The molecule has 2 amide bonds. The summed E-state index contributed by atoms with van der Waals surface area (Å²) in [7, 11) is 0. The highest BCUT2D eigenvalue weighted by Crippen LogP contribution is 2.25.